The van der Waals surface area contributed by atoms with Gasteiger partial charge in [-0.25, -0.2) is 0 Å². The minimum absolute atomic E-state index is 0.443. The first-order valence-corrected chi connectivity index (χ1v) is 6.02. The van der Waals surface area contributed by atoms with E-state index in [-0.39, 0.29) is 0 Å². The molecule has 0 saturated heterocycles. The highest BCUT2D eigenvalue weighted by atomic mass is 15.1. The minimum atomic E-state index is 0.443. The second-order valence-electron chi connectivity index (χ2n) is 4.58. The molecule has 0 fully saturated rings. The standard InChI is InChI=1S/C16H19N/c1-17(2)16(15-11-7-4-8-12-15)13-14-9-5-3-6-10-14/h3-12,16H,13H2,1-2H3/i13+1. The lowest BCUT2D eigenvalue weighted by Crippen LogP contribution is -2.21. The van der Waals surface area contributed by atoms with Gasteiger partial charge < -0.3 is 4.90 Å². The maximum absolute atomic E-state index is 2.28. The SMILES string of the molecule is CN(C)C([13CH2]c1ccccc1)c1ccccc1. The molecular formula is C16H19N. The highest BCUT2D eigenvalue weighted by Crippen LogP contribution is 2.22. The van der Waals surface area contributed by atoms with Gasteiger partial charge >= 0.3 is 0 Å². The van der Waals surface area contributed by atoms with Gasteiger partial charge in [0.2, 0.25) is 0 Å². The molecule has 0 bridgehead atoms. The fraction of sp³-hybridized carbons (Fsp3) is 0.250. The van der Waals surface area contributed by atoms with Crippen LogP contribution in [0.2, 0.25) is 0 Å². The average Bonchev–Trinajstić information content (AvgIpc) is 2.38. The van der Waals surface area contributed by atoms with E-state index in [0.717, 1.165) is 6.42 Å². The van der Waals surface area contributed by atoms with Gasteiger partial charge in [-0.2, -0.15) is 0 Å². The van der Waals surface area contributed by atoms with Crippen LogP contribution < -0.4 is 0 Å². The minimum Gasteiger partial charge on any atom is -0.302 e. The van der Waals surface area contributed by atoms with Crippen molar-refractivity contribution in [1.29, 1.82) is 0 Å². The van der Waals surface area contributed by atoms with Gasteiger partial charge in [0, 0.05) is 6.04 Å². The molecule has 0 radical (unpaired) electrons. The molecule has 1 unspecified atom stereocenters. The van der Waals surface area contributed by atoms with Crippen molar-refractivity contribution in [1.82, 2.24) is 4.90 Å². The van der Waals surface area contributed by atoms with E-state index in [9.17, 15) is 0 Å². The third-order valence-corrected chi connectivity index (χ3v) is 3.08. The Morgan fingerprint density at radius 2 is 1.35 bits per heavy atom. The van der Waals surface area contributed by atoms with Crippen LogP contribution in [0.4, 0.5) is 0 Å². The number of hydrogen-bond acceptors (Lipinski definition) is 1. The summed E-state index contributed by atoms with van der Waals surface area (Å²) >= 11 is 0. The Morgan fingerprint density at radius 3 is 1.88 bits per heavy atom. The Morgan fingerprint density at radius 1 is 0.824 bits per heavy atom. The Kier molecular flexibility index (Phi) is 3.94. The molecule has 17 heavy (non-hydrogen) atoms. The quantitative estimate of drug-likeness (QED) is 0.721. The van der Waals surface area contributed by atoms with Crippen molar-refractivity contribution < 1.29 is 0 Å². The molecule has 0 aliphatic rings. The zero-order valence-electron chi connectivity index (χ0n) is 10.5. The van der Waals surface area contributed by atoms with Crippen LogP contribution in [0.5, 0.6) is 0 Å². The van der Waals surface area contributed by atoms with E-state index in [1.165, 1.54) is 11.1 Å². The molecule has 1 atom stereocenters. The van der Waals surface area contributed by atoms with Gasteiger partial charge in [-0.05, 0) is 31.6 Å². The summed E-state index contributed by atoms with van der Waals surface area (Å²) in [6, 6.07) is 21.8. The lowest BCUT2D eigenvalue weighted by Gasteiger charge is -2.25. The van der Waals surface area contributed by atoms with E-state index in [4.69, 9.17) is 0 Å². The van der Waals surface area contributed by atoms with Gasteiger partial charge in [0.05, 0.1) is 0 Å². The molecular weight excluding hydrogens is 207 g/mol. The van der Waals surface area contributed by atoms with E-state index >= 15 is 0 Å². The first kappa shape index (κ1) is 11.9. The Hall–Kier alpha value is -1.60. The number of rotatable bonds is 4. The Labute approximate surface area is 104 Å². The van der Waals surface area contributed by atoms with E-state index < -0.39 is 0 Å². The number of likely N-dealkylation sites (N-methyl/N-ethyl adjacent to an activating group) is 1. The zero-order valence-corrected chi connectivity index (χ0v) is 10.5. The van der Waals surface area contributed by atoms with Gasteiger partial charge in [0.25, 0.3) is 0 Å². The first-order valence-electron chi connectivity index (χ1n) is 6.02. The summed E-state index contributed by atoms with van der Waals surface area (Å²) in [5, 5.41) is 0. The second-order valence-corrected chi connectivity index (χ2v) is 4.58. The van der Waals surface area contributed by atoms with Crippen LogP contribution in [-0.2, 0) is 6.42 Å². The van der Waals surface area contributed by atoms with E-state index in [0.29, 0.717) is 6.04 Å². The summed E-state index contributed by atoms with van der Waals surface area (Å²) in [6.07, 6.45) is 1.05. The fourth-order valence-electron chi connectivity index (χ4n) is 2.11. The van der Waals surface area contributed by atoms with Crippen LogP contribution in [0.25, 0.3) is 0 Å². The van der Waals surface area contributed by atoms with Crippen LogP contribution in [0.15, 0.2) is 60.7 Å². The van der Waals surface area contributed by atoms with Crippen molar-refractivity contribution in [2.45, 2.75) is 12.5 Å². The molecule has 2 aromatic carbocycles. The molecule has 0 aliphatic carbocycles. The summed E-state index contributed by atoms with van der Waals surface area (Å²) in [5.41, 5.74) is 2.76. The Bertz CT molecular complexity index is 434. The third kappa shape index (κ3) is 3.18. The van der Waals surface area contributed by atoms with Crippen molar-refractivity contribution in [2.24, 2.45) is 0 Å². The highest BCUT2D eigenvalue weighted by molar-refractivity contribution is 5.23. The zero-order chi connectivity index (χ0) is 12.1. The Balaban J connectivity index is 2.20. The van der Waals surface area contributed by atoms with E-state index in [1.54, 1.807) is 0 Å². The van der Waals surface area contributed by atoms with Crippen LogP contribution in [0.1, 0.15) is 17.2 Å². The summed E-state index contributed by atoms with van der Waals surface area (Å²) in [5.74, 6) is 0. The van der Waals surface area contributed by atoms with Crippen LogP contribution in [0.3, 0.4) is 0 Å². The van der Waals surface area contributed by atoms with Crippen LogP contribution in [0, 0.1) is 0 Å². The van der Waals surface area contributed by atoms with E-state index in [1.807, 2.05) is 0 Å². The smallest absolute Gasteiger partial charge is 0.0382 e. The largest absolute Gasteiger partial charge is 0.302 e. The summed E-state index contributed by atoms with van der Waals surface area (Å²) < 4.78 is 0. The molecule has 0 aromatic heterocycles. The number of nitrogens with zero attached hydrogens (tertiary/aromatic N) is 1. The van der Waals surface area contributed by atoms with Crippen LogP contribution in [-0.4, -0.2) is 19.0 Å². The lowest BCUT2D eigenvalue weighted by atomic mass is 10.1. The maximum Gasteiger partial charge on any atom is 0.0382 e. The molecule has 1 heteroatoms. The molecule has 2 aromatic rings. The topological polar surface area (TPSA) is 3.24 Å². The maximum atomic E-state index is 2.28. The van der Waals surface area contributed by atoms with Crippen LogP contribution >= 0.6 is 0 Å². The number of benzene rings is 2. The average molecular weight is 226 g/mol. The van der Waals surface area contributed by atoms with Gasteiger partial charge in [-0.3, -0.25) is 0 Å². The van der Waals surface area contributed by atoms with Gasteiger partial charge in [-0.15, -0.1) is 0 Å². The van der Waals surface area contributed by atoms with Gasteiger partial charge in [-0.1, -0.05) is 60.7 Å². The molecule has 0 heterocycles. The van der Waals surface area contributed by atoms with Crippen molar-refractivity contribution >= 4 is 0 Å². The predicted molar refractivity (Wildman–Crippen MR) is 73.0 cm³/mol. The summed E-state index contributed by atoms with van der Waals surface area (Å²) in [4.78, 5) is 2.28. The summed E-state index contributed by atoms with van der Waals surface area (Å²) in [6.45, 7) is 0. The molecule has 0 amide bonds. The van der Waals surface area contributed by atoms with Gasteiger partial charge in [0.15, 0.2) is 0 Å². The van der Waals surface area contributed by atoms with Crippen molar-refractivity contribution in [3.63, 3.8) is 0 Å². The predicted octanol–water partition coefficient (Wildman–Crippen LogP) is 3.53. The lowest BCUT2D eigenvalue weighted by molar-refractivity contribution is 0.297. The molecule has 0 N–H and O–H groups in total. The van der Waals surface area contributed by atoms with Crippen molar-refractivity contribution in [3.05, 3.63) is 71.8 Å². The molecule has 0 aliphatic heterocycles. The molecule has 88 valence electrons. The molecule has 0 saturated carbocycles. The molecule has 0 spiro atoms. The molecule has 1 nitrogen and oxygen atoms in total. The van der Waals surface area contributed by atoms with E-state index in [2.05, 4.69) is 79.7 Å². The summed E-state index contributed by atoms with van der Waals surface area (Å²) in [7, 11) is 4.28. The first-order chi connectivity index (χ1) is 8.27. The third-order valence-electron chi connectivity index (χ3n) is 3.08. The fourth-order valence-corrected chi connectivity index (χ4v) is 2.11. The monoisotopic (exact) mass is 226 g/mol. The van der Waals surface area contributed by atoms with Gasteiger partial charge in [0.1, 0.15) is 0 Å². The van der Waals surface area contributed by atoms with Crippen molar-refractivity contribution in [2.75, 3.05) is 14.1 Å². The van der Waals surface area contributed by atoms with Crippen molar-refractivity contribution in [3.8, 4) is 0 Å². The normalized spacial score (nSPS) is 12.6. The number of hydrogen-bond donors (Lipinski definition) is 0. The highest BCUT2D eigenvalue weighted by Gasteiger charge is 2.13. The second kappa shape index (κ2) is 5.65. The molecule has 2 rings (SSSR count).